The quantitative estimate of drug-likeness (QED) is 0.616. The van der Waals surface area contributed by atoms with E-state index in [4.69, 9.17) is 0 Å². The Morgan fingerprint density at radius 1 is 1.25 bits per heavy atom. The predicted octanol–water partition coefficient (Wildman–Crippen LogP) is 4.16. The first-order valence-electron chi connectivity index (χ1n) is 8.38. The molecule has 9 heteroatoms. The maximum atomic E-state index is 14.5. The van der Waals surface area contributed by atoms with Crippen LogP contribution in [0.2, 0.25) is 0 Å². The van der Waals surface area contributed by atoms with E-state index >= 15 is 0 Å². The van der Waals surface area contributed by atoms with E-state index in [9.17, 15) is 14.0 Å². The molecule has 6 nitrogen and oxygen atoms in total. The largest absolute Gasteiger partial charge is 0.332 e. The first-order chi connectivity index (χ1) is 13.2. The number of benzene rings is 1. The number of carbonyl (C=O) groups is 2. The topological polar surface area (TPSA) is 67.2 Å². The van der Waals surface area contributed by atoms with Crippen molar-refractivity contribution in [1.82, 2.24) is 14.7 Å². The van der Waals surface area contributed by atoms with Gasteiger partial charge in [-0.15, -0.1) is 11.3 Å². The molecule has 0 unspecified atom stereocenters. The summed E-state index contributed by atoms with van der Waals surface area (Å²) in [4.78, 5) is 26.4. The Bertz CT molecular complexity index is 1050. The molecule has 2 heterocycles. The molecular formula is C19H18BrFN4O2S. The molecule has 0 spiro atoms. The number of rotatable bonds is 5. The molecule has 0 saturated carbocycles. The van der Waals surface area contributed by atoms with Crippen LogP contribution in [0.25, 0.3) is 5.69 Å². The second-order valence-corrected chi connectivity index (χ2v) is 8.78. The predicted molar refractivity (Wildman–Crippen MR) is 111 cm³/mol. The van der Waals surface area contributed by atoms with Crippen molar-refractivity contribution in [3.8, 4) is 5.69 Å². The molecule has 3 rings (SSSR count). The molecule has 0 saturated heterocycles. The number of nitrogens with zero attached hydrogens (tertiary/aromatic N) is 3. The number of hydrogen-bond donors (Lipinski definition) is 1. The number of anilines is 1. The summed E-state index contributed by atoms with van der Waals surface area (Å²) in [5, 5.41) is 6.88. The Labute approximate surface area is 174 Å². The van der Waals surface area contributed by atoms with Crippen molar-refractivity contribution in [1.29, 1.82) is 0 Å². The average molecular weight is 465 g/mol. The third kappa shape index (κ3) is 4.48. The van der Waals surface area contributed by atoms with Gasteiger partial charge < -0.3 is 10.2 Å². The molecule has 0 aliphatic carbocycles. The Hall–Kier alpha value is -2.52. The zero-order valence-corrected chi connectivity index (χ0v) is 17.9. The van der Waals surface area contributed by atoms with Gasteiger partial charge >= 0.3 is 0 Å². The van der Waals surface area contributed by atoms with Gasteiger partial charge in [-0.2, -0.15) is 5.10 Å². The van der Waals surface area contributed by atoms with Crippen molar-refractivity contribution in [2.45, 2.75) is 13.8 Å². The summed E-state index contributed by atoms with van der Waals surface area (Å²) in [6.45, 7) is 3.53. The van der Waals surface area contributed by atoms with E-state index in [1.54, 1.807) is 31.3 Å². The van der Waals surface area contributed by atoms with E-state index in [2.05, 4.69) is 26.3 Å². The summed E-state index contributed by atoms with van der Waals surface area (Å²) in [7, 11) is 1.54. The molecule has 0 aliphatic heterocycles. The van der Waals surface area contributed by atoms with Gasteiger partial charge in [0.05, 0.1) is 20.9 Å². The SMILES string of the molecule is Cc1cc(C)n(-c2ccc(NC(=O)CN(C)C(=O)c3ccc(Br)s3)cc2F)n1. The molecule has 28 heavy (non-hydrogen) atoms. The van der Waals surface area contributed by atoms with Gasteiger partial charge in [-0.3, -0.25) is 9.59 Å². The van der Waals surface area contributed by atoms with E-state index in [0.717, 1.165) is 15.2 Å². The highest BCUT2D eigenvalue weighted by atomic mass is 79.9. The molecule has 146 valence electrons. The zero-order valence-electron chi connectivity index (χ0n) is 15.5. The van der Waals surface area contributed by atoms with Crippen LogP contribution < -0.4 is 5.32 Å². The number of aromatic nitrogens is 2. The standard InChI is InChI=1S/C19H18BrFN4O2S/c1-11-8-12(2)25(23-11)15-5-4-13(9-14(15)21)22-18(26)10-24(3)19(27)16-6-7-17(20)28-16/h4-9H,10H2,1-3H3,(H,22,26). The highest BCUT2D eigenvalue weighted by Crippen LogP contribution is 2.23. The van der Waals surface area contributed by atoms with Crippen molar-refractivity contribution < 1.29 is 14.0 Å². The molecule has 0 aliphatic rings. The molecule has 0 atom stereocenters. The van der Waals surface area contributed by atoms with Crippen molar-refractivity contribution >= 4 is 44.8 Å². The van der Waals surface area contributed by atoms with Gasteiger partial charge in [-0.1, -0.05) is 0 Å². The van der Waals surface area contributed by atoms with Gasteiger partial charge in [0.15, 0.2) is 5.82 Å². The molecule has 2 amide bonds. The lowest BCUT2D eigenvalue weighted by Gasteiger charge is -2.16. The number of halogens is 2. The zero-order chi connectivity index (χ0) is 20.4. The third-order valence-corrected chi connectivity index (χ3v) is 5.59. The Morgan fingerprint density at radius 2 is 2.00 bits per heavy atom. The van der Waals surface area contributed by atoms with Crippen LogP contribution in [0.3, 0.4) is 0 Å². The van der Waals surface area contributed by atoms with E-state index in [0.29, 0.717) is 16.3 Å². The number of hydrogen-bond acceptors (Lipinski definition) is 4. The molecule has 1 aromatic carbocycles. The number of carbonyl (C=O) groups excluding carboxylic acids is 2. The van der Waals surface area contributed by atoms with Crippen molar-refractivity contribution in [3.63, 3.8) is 0 Å². The van der Waals surface area contributed by atoms with Crippen molar-refractivity contribution in [2.75, 3.05) is 18.9 Å². The van der Waals surface area contributed by atoms with Crippen molar-refractivity contribution in [2.24, 2.45) is 0 Å². The number of amides is 2. The van der Waals surface area contributed by atoms with Crippen LogP contribution in [0.15, 0.2) is 40.2 Å². The normalized spacial score (nSPS) is 10.8. The molecule has 1 N–H and O–H groups in total. The van der Waals surface area contributed by atoms with E-state index in [1.165, 1.54) is 27.0 Å². The second-order valence-electron chi connectivity index (χ2n) is 6.32. The van der Waals surface area contributed by atoms with Crippen LogP contribution in [-0.2, 0) is 4.79 Å². The molecule has 0 bridgehead atoms. The van der Waals surface area contributed by atoms with E-state index in [1.807, 2.05) is 19.9 Å². The fourth-order valence-corrected chi connectivity index (χ4v) is 4.12. The summed E-state index contributed by atoms with van der Waals surface area (Å²) in [6, 6.07) is 9.72. The van der Waals surface area contributed by atoms with Gasteiger partial charge in [0.2, 0.25) is 5.91 Å². The average Bonchev–Trinajstić information content (AvgIpc) is 3.19. The van der Waals surface area contributed by atoms with Gasteiger partial charge in [-0.05, 0) is 66.2 Å². The fourth-order valence-electron chi connectivity index (χ4n) is 2.73. The van der Waals surface area contributed by atoms with Crippen LogP contribution >= 0.6 is 27.3 Å². The summed E-state index contributed by atoms with van der Waals surface area (Å²) in [5.41, 5.74) is 2.22. The van der Waals surface area contributed by atoms with Crippen LogP contribution in [-0.4, -0.2) is 40.1 Å². The summed E-state index contributed by atoms with van der Waals surface area (Å²) in [6.07, 6.45) is 0. The summed E-state index contributed by atoms with van der Waals surface area (Å²) >= 11 is 4.60. The molecule has 0 fully saturated rings. The Morgan fingerprint density at radius 3 is 2.57 bits per heavy atom. The number of aryl methyl sites for hydroxylation is 2. The highest BCUT2D eigenvalue weighted by Gasteiger charge is 2.17. The van der Waals surface area contributed by atoms with E-state index in [-0.39, 0.29) is 12.5 Å². The Balaban J connectivity index is 1.66. The lowest BCUT2D eigenvalue weighted by molar-refractivity contribution is -0.116. The van der Waals surface area contributed by atoms with Crippen LogP contribution in [0.5, 0.6) is 0 Å². The minimum absolute atomic E-state index is 0.144. The summed E-state index contributed by atoms with van der Waals surface area (Å²) < 4.78 is 16.9. The minimum Gasteiger partial charge on any atom is -0.332 e. The maximum Gasteiger partial charge on any atom is 0.264 e. The molecular weight excluding hydrogens is 447 g/mol. The van der Waals surface area contributed by atoms with Crippen LogP contribution in [0.1, 0.15) is 21.1 Å². The molecule has 3 aromatic rings. The first kappa shape index (κ1) is 20.2. The third-order valence-electron chi connectivity index (χ3n) is 3.98. The van der Waals surface area contributed by atoms with Gasteiger partial charge in [0, 0.05) is 18.4 Å². The smallest absolute Gasteiger partial charge is 0.264 e. The van der Waals surface area contributed by atoms with Gasteiger partial charge in [0.25, 0.3) is 5.91 Å². The first-order valence-corrected chi connectivity index (χ1v) is 9.99. The van der Waals surface area contributed by atoms with Gasteiger partial charge in [-0.25, -0.2) is 9.07 Å². The number of nitrogens with one attached hydrogen (secondary N) is 1. The fraction of sp³-hybridized carbons (Fsp3) is 0.211. The highest BCUT2D eigenvalue weighted by molar-refractivity contribution is 9.11. The molecule has 2 aromatic heterocycles. The minimum atomic E-state index is -0.503. The second kappa shape index (κ2) is 8.24. The number of likely N-dealkylation sites (N-methyl/N-ethyl adjacent to an activating group) is 1. The maximum absolute atomic E-state index is 14.5. The monoisotopic (exact) mass is 464 g/mol. The summed E-state index contributed by atoms with van der Waals surface area (Å²) in [5.74, 6) is -1.17. The number of thiophene rings is 1. The van der Waals surface area contributed by atoms with Crippen molar-refractivity contribution in [3.05, 3.63) is 62.3 Å². The van der Waals surface area contributed by atoms with E-state index < -0.39 is 11.7 Å². The van der Waals surface area contributed by atoms with Gasteiger partial charge in [0.1, 0.15) is 5.69 Å². The molecule has 0 radical (unpaired) electrons. The van der Waals surface area contributed by atoms with Crippen LogP contribution in [0.4, 0.5) is 10.1 Å². The van der Waals surface area contributed by atoms with Crippen LogP contribution in [0, 0.1) is 19.7 Å². The lowest BCUT2D eigenvalue weighted by atomic mass is 10.2. The lowest BCUT2D eigenvalue weighted by Crippen LogP contribution is -2.34. The Kier molecular flexibility index (Phi) is 5.95.